The summed E-state index contributed by atoms with van der Waals surface area (Å²) >= 11 is 5.77. The molecule has 6 heteroatoms. The molecule has 0 atom stereocenters. The maximum absolute atomic E-state index is 11.5. The number of Topliss-reactive ketones (excluding diaryl/α,β-unsaturated/α-hetero) is 1. The number of hydrogen-bond donors (Lipinski definition) is 0. The third-order valence-corrected chi connectivity index (χ3v) is 6.27. The Balaban J connectivity index is 1.41. The largest absolute Gasteiger partial charge is 0.369 e. The SMILES string of the molecule is CC(=O)c1ccc(N2CCN(Cn3ccn(-c4cc(C)ccc4C)c3=S)CC2)cc1. The van der Waals surface area contributed by atoms with Crippen LogP contribution in [0.5, 0.6) is 0 Å². The van der Waals surface area contributed by atoms with Crippen molar-refractivity contribution in [1.82, 2.24) is 14.0 Å². The van der Waals surface area contributed by atoms with Crippen LogP contribution in [0.4, 0.5) is 5.69 Å². The second kappa shape index (κ2) is 8.58. The van der Waals surface area contributed by atoms with Crippen molar-refractivity contribution in [3.8, 4) is 5.69 Å². The highest BCUT2D eigenvalue weighted by molar-refractivity contribution is 7.71. The van der Waals surface area contributed by atoms with Gasteiger partial charge in [-0.15, -0.1) is 0 Å². The lowest BCUT2D eigenvalue weighted by atomic mass is 10.1. The van der Waals surface area contributed by atoms with E-state index in [1.54, 1.807) is 6.92 Å². The number of ketones is 1. The number of benzene rings is 2. The van der Waals surface area contributed by atoms with Gasteiger partial charge in [-0.05, 0) is 74.4 Å². The molecule has 30 heavy (non-hydrogen) atoms. The highest BCUT2D eigenvalue weighted by atomic mass is 32.1. The van der Waals surface area contributed by atoms with E-state index in [1.165, 1.54) is 16.8 Å². The Bertz CT molecular complexity index is 1100. The van der Waals surface area contributed by atoms with Crippen LogP contribution in [0.3, 0.4) is 0 Å². The average Bonchev–Trinajstić information content (AvgIpc) is 3.10. The van der Waals surface area contributed by atoms with Gasteiger partial charge in [-0.1, -0.05) is 12.1 Å². The summed E-state index contributed by atoms with van der Waals surface area (Å²) in [4.78, 5) is 16.3. The van der Waals surface area contributed by atoms with E-state index in [1.807, 2.05) is 24.3 Å². The summed E-state index contributed by atoms with van der Waals surface area (Å²) in [5.41, 5.74) is 5.55. The van der Waals surface area contributed by atoms with E-state index < -0.39 is 0 Å². The van der Waals surface area contributed by atoms with Crippen LogP contribution in [0, 0.1) is 18.6 Å². The first-order valence-corrected chi connectivity index (χ1v) is 10.8. The van der Waals surface area contributed by atoms with Crippen molar-refractivity contribution in [3.63, 3.8) is 0 Å². The van der Waals surface area contributed by atoms with Gasteiger partial charge in [0, 0.05) is 49.8 Å². The molecule has 1 fully saturated rings. The number of carbonyl (C=O) groups is 1. The number of aryl methyl sites for hydroxylation is 2. The Morgan fingerprint density at radius 3 is 2.33 bits per heavy atom. The number of piperazine rings is 1. The fraction of sp³-hybridized carbons (Fsp3) is 0.333. The third kappa shape index (κ3) is 4.25. The van der Waals surface area contributed by atoms with Crippen LogP contribution >= 0.6 is 12.2 Å². The molecule has 2 aromatic carbocycles. The Morgan fingerprint density at radius 1 is 0.967 bits per heavy atom. The first kappa shape index (κ1) is 20.6. The molecule has 1 aromatic heterocycles. The number of carbonyl (C=O) groups excluding carboxylic acids is 1. The fourth-order valence-corrected chi connectivity index (χ4v) is 4.23. The molecular weight excluding hydrogens is 392 g/mol. The minimum atomic E-state index is 0.107. The van der Waals surface area contributed by atoms with Gasteiger partial charge < -0.3 is 9.47 Å². The standard InChI is InChI=1S/C24H28N4OS/c1-18-4-5-19(2)23(16-18)28-15-14-27(24(28)30)17-25-10-12-26(13-11-25)22-8-6-21(7-9-22)20(3)29/h4-9,14-16H,10-13,17H2,1-3H3. The Kier molecular flexibility index (Phi) is 5.88. The first-order valence-electron chi connectivity index (χ1n) is 10.4. The first-order chi connectivity index (χ1) is 14.4. The molecule has 2 heterocycles. The number of anilines is 1. The van der Waals surface area contributed by atoms with Crippen LogP contribution in [0.2, 0.25) is 0 Å². The summed E-state index contributed by atoms with van der Waals surface area (Å²) in [5.74, 6) is 0.107. The van der Waals surface area contributed by atoms with Gasteiger partial charge >= 0.3 is 0 Å². The van der Waals surface area contributed by atoms with Crippen LogP contribution in [0.15, 0.2) is 54.9 Å². The molecule has 1 saturated heterocycles. The van der Waals surface area contributed by atoms with Crippen LogP contribution in [0.25, 0.3) is 5.69 Å². The monoisotopic (exact) mass is 420 g/mol. The van der Waals surface area contributed by atoms with E-state index in [9.17, 15) is 4.79 Å². The highest BCUT2D eigenvalue weighted by Crippen LogP contribution is 2.20. The van der Waals surface area contributed by atoms with E-state index in [0.29, 0.717) is 0 Å². The highest BCUT2D eigenvalue weighted by Gasteiger charge is 2.18. The van der Waals surface area contributed by atoms with Crippen molar-refractivity contribution in [2.24, 2.45) is 0 Å². The molecule has 0 N–H and O–H groups in total. The maximum Gasteiger partial charge on any atom is 0.185 e. The Morgan fingerprint density at radius 2 is 1.67 bits per heavy atom. The molecule has 0 aliphatic carbocycles. The van der Waals surface area contributed by atoms with Crippen molar-refractivity contribution in [1.29, 1.82) is 0 Å². The molecule has 156 valence electrons. The molecule has 0 amide bonds. The van der Waals surface area contributed by atoms with Crippen LogP contribution in [-0.2, 0) is 6.67 Å². The molecule has 0 saturated carbocycles. The number of rotatable bonds is 5. The molecule has 0 unspecified atom stereocenters. The Hall–Kier alpha value is -2.70. The molecule has 0 spiro atoms. The van der Waals surface area contributed by atoms with Crippen molar-refractivity contribution in [3.05, 3.63) is 76.3 Å². The van der Waals surface area contributed by atoms with Gasteiger partial charge in [0.1, 0.15) is 0 Å². The van der Waals surface area contributed by atoms with E-state index in [0.717, 1.165) is 48.9 Å². The van der Waals surface area contributed by atoms with Crippen LogP contribution in [-0.4, -0.2) is 46.0 Å². The zero-order valence-corrected chi connectivity index (χ0v) is 18.7. The lowest BCUT2D eigenvalue weighted by Gasteiger charge is -2.36. The summed E-state index contributed by atoms with van der Waals surface area (Å²) in [6.07, 6.45) is 4.15. The van der Waals surface area contributed by atoms with Crippen molar-refractivity contribution < 1.29 is 4.79 Å². The second-order valence-electron chi connectivity index (χ2n) is 8.06. The quantitative estimate of drug-likeness (QED) is 0.446. The Labute approximate surface area is 183 Å². The predicted molar refractivity (Wildman–Crippen MR) is 124 cm³/mol. The number of aromatic nitrogens is 2. The van der Waals surface area contributed by atoms with E-state index in [2.05, 4.69) is 63.4 Å². The van der Waals surface area contributed by atoms with Crippen molar-refractivity contribution in [2.75, 3.05) is 31.1 Å². The topological polar surface area (TPSA) is 33.4 Å². The summed E-state index contributed by atoms with van der Waals surface area (Å²) in [6, 6.07) is 14.4. The fourth-order valence-electron chi connectivity index (χ4n) is 3.95. The smallest absolute Gasteiger partial charge is 0.185 e. The normalized spacial score (nSPS) is 14.8. The third-order valence-electron chi connectivity index (χ3n) is 5.84. The zero-order valence-electron chi connectivity index (χ0n) is 17.8. The summed E-state index contributed by atoms with van der Waals surface area (Å²) in [7, 11) is 0. The maximum atomic E-state index is 11.5. The minimum Gasteiger partial charge on any atom is -0.369 e. The predicted octanol–water partition coefficient (Wildman–Crippen LogP) is 4.61. The molecule has 0 radical (unpaired) electrons. The van der Waals surface area contributed by atoms with Gasteiger partial charge in [-0.3, -0.25) is 14.3 Å². The molecule has 1 aliphatic heterocycles. The van der Waals surface area contributed by atoms with E-state index in [-0.39, 0.29) is 5.78 Å². The lowest BCUT2D eigenvalue weighted by Crippen LogP contribution is -2.46. The van der Waals surface area contributed by atoms with Gasteiger partial charge in [-0.25, -0.2) is 0 Å². The van der Waals surface area contributed by atoms with E-state index in [4.69, 9.17) is 12.2 Å². The number of nitrogens with zero attached hydrogens (tertiary/aromatic N) is 4. The number of imidazole rings is 1. The van der Waals surface area contributed by atoms with Crippen LogP contribution < -0.4 is 4.90 Å². The molecule has 5 nitrogen and oxygen atoms in total. The van der Waals surface area contributed by atoms with Gasteiger partial charge in [0.2, 0.25) is 0 Å². The average molecular weight is 421 g/mol. The molecule has 1 aliphatic rings. The summed E-state index contributed by atoms with van der Waals surface area (Å²) in [5, 5.41) is 0. The molecular formula is C24H28N4OS. The van der Waals surface area contributed by atoms with E-state index >= 15 is 0 Å². The minimum absolute atomic E-state index is 0.107. The van der Waals surface area contributed by atoms with Gasteiger partial charge in [-0.2, -0.15) is 0 Å². The molecule has 4 rings (SSSR count). The van der Waals surface area contributed by atoms with Gasteiger partial charge in [0.25, 0.3) is 0 Å². The van der Waals surface area contributed by atoms with Gasteiger partial charge in [0.15, 0.2) is 10.6 Å². The molecule has 3 aromatic rings. The number of hydrogen-bond acceptors (Lipinski definition) is 4. The molecule has 0 bridgehead atoms. The van der Waals surface area contributed by atoms with Crippen molar-refractivity contribution >= 4 is 23.7 Å². The summed E-state index contributed by atoms with van der Waals surface area (Å²) < 4.78 is 5.07. The zero-order chi connectivity index (χ0) is 21.3. The lowest BCUT2D eigenvalue weighted by molar-refractivity contribution is 0.101. The van der Waals surface area contributed by atoms with Crippen LogP contribution in [0.1, 0.15) is 28.4 Å². The summed E-state index contributed by atoms with van der Waals surface area (Å²) in [6.45, 7) is 10.5. The second-order valence-corrected chi connectivity index (χ2v) is 8.43. The van der Waals surface area contributed by atoms with Crippen molar-refractivity contribution in [2.45, 2.75) is 27.4 Å². The van der Waals surface area contributed by atoms with Gasteiger partial charge in [0.05, 0.1) is 12.4 Å².